The second-order valence-corrected chi connectivity index (χ2v) is 11.0. The second-order valence-electron chi connectivity index (χ2n) is 11.0. The van der Waals surface area contributed by atoms with Gasteiger partial charge in [-0.15, -0.1) is 0 Å². The summed E-state index contributed by atoms with van der Waals surface area (Å²) in [5, 5.41) is 0. The predicted molar refractivity (Wildman–Crippen MR) is 103 cm³/mol. The number of hydrogen-bond donors (Lipinski definition) is 0. The molecular weight excluding hydrogens is 308 g/mol. The van der Waals surface area contributed by atoms with Gasteiger partial charge in [-0.25, -0.2) is 0 Å². The molecule has 0 aromatic rings. The molecule has 0 aromatic heterocycles. The topological polar surface area (TPSA) is 18.5 Å². The average Bonchev–Trinajstić information content (AvgIpc) is 3.21. The highest BCUT2D eigenvalue weighted by Crippen LogP contribution is 2.69. The van der Waals surface area contributed by atoms with Gasteiger partial charge in [0.05, 0.1) is 12.2 Å². The maximum Gasteiger partial charge on any atom is 0.0684 e. The van der Waals surface area contributed by atoms with E-state index in [0.29, 0.717) is 28.5 Å². The fraction of sp³-hybridized carbons (Fsp3) is 1.00. The molecule has 0 aromatic carbocycles. The van der Waals surface area contributed by atoms with Crippen molar-refractivity contribution < 1.29 is 9.47 Å². The molecular formula is C23H40O2. The minimum absolute atomic E-state index is 0.357. The summed E-state index contributed by atoms with van der Waals surface area (Å²) in [7, 11) is 0. The molecule has 1 spiro atoms. The number of ether oxygens (including phenoxy) is 2. The van der Waals surface area contributed by atoms with Crippen LogP contribution in [-0.4, -0.2) is 25.4 Å². The summed E-state index contributed by atoms with van der Waals surface area (Å²) in [6.07, 6.45) is 12.0. The third-order valence-corrected chi connectivity index (χ3v) is 8.83. The summed E-state index contributed by atoms with van der Waals surface area (Å²) >= 11 is 0. The molecule has 0 radical (unpaired) electrons. The molecule has 2 bridgehead atoms. The van der Waals surface area contributed by atoms with Crippen LogP contribution in [0.1, 0.15) is 86.0 Å². The van der Waals surface area contributed by atoms with E-state index < -0.39 is 0 Å². The average molecular weight is 349 g/mol. The third-order valence-electron chi connectivity index (χ3n) is 8.83. The van der Waals surface area contributed by atoms with Crippen molar-refractivity contribution in [3.8, 4) is 0 Å². The van der Waals surface area contributed by atoms with Crippen LogP contribution in [0.3, 0.4) is 0 Å². The maximum absolute atomic E-state index is 6.59. The summed E-state index contributed by atoms with van der Waals surface area (Å²) in [4.78, 5) is 0. The van der Waals surface area contributed by atoms with Crippen molar-refractivity contribution in [2.45, 2.75) is 98.2 Å². The molecule has 25 heavy (non-hydrogen) atoms. The Balaban J connectivity index is 1.32. The van der Waals surface area contributed by atoms with E-state index in [1.165, 1.54) is 51.4 Å². The van der Waals surface area contributed by atoms with Crippen LogP contribution in [0.25, 0.3) is 0 Å². The molecule has 144 valence electrons. The summed E-state index contributed by atoms with van der Waals surface area (Å²) in [5.41, 5.74) is 1.24. The monoisotopic (exact) mass is 348 g/mol. The Kier molecular flexibility index (Phi) is 4.56. The van der Waals surface area contributed by atoms with Crippen molar-refractivity contribution in [3.63, 3.8) is 0 Å². The molecule has 0 N–H and O–H groups in total. The van der Waals surface area contributed by atoms with Gasteiger partial charge in [0.15, 0.2) is 0 Å². The van der Waals surface area contributed by atoms with E-state index in [1.54, 1.807) is 0 Å². The molecule has 5 fully saturated rings. The van der Waals surface area contributed by atoms with Crippen LogP contribution in [0.5, 0.6) is 0 Å². The van der Waals surface area contributed by atoms with Gasteiger partial charge in [-0.1, -0.05) is 27.7 Å². The van der Waals surface area contributed by atoms with Gasteiger partial charge < -0.3 is 9.47 Å². The Morgan fingerprint density at radius 2 is 1.64 bits per heavy atom. The highest BCUT2D eigenvalue weighted by molar-refractivity contribution is 5.15. The summed E-state index contributed by atoms with van der Waals surface area (Å²) in [5.74, 6) is 2.57. The van der Waals surface area contributed by atoms with Crippen molar-refractivity contribution in [3.05, 3.63) is 0 Å². The van der Waals surface area contributed by atoms with Crippen LogP contribution in [-0.2, 0) is 9.47 Å². The number of fused-ring (bicyclic) bond motifs is 3. The van der Waals surface area contributed by atoms with E-state index in [2.05, 4.69) is 34.6 Å². The van der Waals surface area contributed by atoms with Crippen LogP contribution in [0.15, 0.2) is 0 Å². The first-order valence-electron chi connectivity index (χ1n) is 11.0. The van der Waals surface area contributed by atoms with Crippen molar-refractivity contribution in [2.75, 3.05) is 13.2 Å². The second kappa shape index (κ2) is 6.23. The molecule has 2 heteroatoms. The van der Waals surface area contributed by atoms with Crippen LogP contribution in [0, 0.1) is 34.0 Å². The predicted octanol–water partition coefficient (Wildman–Crippen LogP) is 5.84. The first kappa shape index (κ1) is 18.3. The van der Waals surface area contributed by atoms with E-state index in [9.17, 15) is 0 Å². The Hall–Kier alpha value is -0.0800. The Labute approximate surface area is 155 Å². The van der Waals surface area contributed by atoms with Crippen molar-refractivity contribution >= 4 is 0 Å². The fourth-order valence-electron chi connectivity index (χ4n) is 7.26. The quantitative estimate of drug-likeness (QED) is 0.600. The molecule has 5 aliphatic carbocycles. The van der Waals surface area contributed by atoms with Gasteiger partial charge in [0, 0.05) is 18.6 Å². The van der Waals surface area contributed by atoms with E-state index in [1.807, 2.05) is 0 Å². The highest BCUT2D eigenvalue weighted by Gasteiger charge is 2.66. The van der Waals surface area contributed by atoms with E-state index in [0.717, 1.165) is 31.0 Å². The molecule has 5 rings (SSSR count). The van der Waals surface area contributed by atoms with Gasteiger partial charge in [0.2, 0.25) is 0 Å². The fourth-order valence-corrected chi connectivity index (χ4v) is 7.26. The van der Waals surface area contributed by atoms with Crippen molar-refractivity contribution in [2.24, 2.45) is 34.0 Å². The van der Waals surface area contributed by atoms with Crippen LogP contribution >= 0.6 is 0 Å². The molecule has 0 aliphatic heterocycles. The smallest absolute Gasteiger partial charge is 0.0684 e. The maximum atomic E-state index is 6.59. The number of hydrogen-bond acceptors (Lipinski definition) is 2. The SMILES string of the molecule is CCOC1C(C)(C)CCC12CC2CCOC1C2CCC(CC2)C1(C)C. The molecule has 4 atom stereocenters. The van der Waals surface area contributed by atoms with Gasteiger partial charge in [-0.05, 0) is 86.9 Å². The Bertz CT molecular complexity index is 488. The summed E-state index contributed by atoms with van der Waals surface area (Å²) < 4.78 is 12.8. The molecule has 5 saturated carbocycles. The zero-order valence-electron chi connectivity index (χ0n) is 17.3. The Morgan fingerprint density at radius 1 is 0.920 bits per heavy atom. The molecule has 0 heterocycles. The minimum Gasteiger partial charge on any atom is -0.377 e. The largest absolute Gasteiger partial charge is 0.377 e. The lowest BCUT2D eigenvalue weighted by molar-refractivity contribution is -0.143. The highest BCUT2D eigenvalue weighted by atomic mass is 16.5. The lowest BCUT2D eigenvalue weighted by Crippen LogP contribution is -2.51. The van der Waals surface area contributed by atoms with E-state index in [-0.39, 0.29) is 0 Å². The zero-order valence-corrected chi connectivity index (χ0v) is 17.3. The van der Waals surface area contributed by atoms with Crippen molar-refractivity contribution in [1.82, 2.24) is 0 Å². The zero-order chi connectivity index (χ0) is 17.9. The van der Waals surface area contributed by atoms with Gasteiger partial charge >= 0.3 is 0 Å². The van der Waals surface area contributed by atoms with Crippen LogP contribution < -0.4 is 0 Å². The lowest BCUT2D eigenvalue weighted by Gasteiger charge is -2.54. The normalized spacial score (nSPS) is 46.7. The Morgan fingerprint density at radius 3 is 2.28 bits per heavy atom. The van der Waals surface area contributed by atoms with E-state index >= 15 is 0 Å². The minimum atomic E-state index is 0.357. The molecule has 0 saturated heterocycles. The standard InChI is InChI=1S/C23H40O2/c1-6-24-20-21(2,3)12-13-23(20)15-18(23)11-14-25-19-16-7-9-17(10-8-16)22(19,4)5/h16-20H,6-15H2,1-5H3. The first-order chi connectivity index (χ1) is 11.8. The lowest BCUT2D eigenvalue weighted by atomic mass is 9.56. The van der Waals surface area contributed by atoms with Gasteiger partial charge in [0.1, 0.15) is 0 Å². The van der Waals surface area contributed by atoms with Crippen LogP contribution in [0.2, 0.25) is 0 Å². The van der Waals surface area contributed by atoms with Crippen LogP contribution in [0.4, 0.5) is 0 Å². The van der Waals surface area contributed by atoms with E-state index in [4.69, 9.17) is 9.47 Å². The van der Waals surface area contributed by atoms with Crippen molar-refractivity contribution in [1.29, 1.82) is 0 Å². The number of rotatable bonds is 6. The van der Waals surface area contributed by atoms with Gasteiger partial charge in [0.25, 0.3) is 0 Å². The molecule has 5 aliphatic rings. The summed E-state index contributed by atoms with van der Waals surface area (Å²) in [6.45, 7) is 13.8. The third kappa shape index (κ3) is 2.90. The van der Waals surface area contributed by atoms with Gasteiger partial charge in [-0.3, -0.25) is 0 Å². The molecule has 0 amide bonds. The molecule has 4 unspecified atom stereocenters. The first-order valence-corrected chi connectivity index (χ1v) is 11.0. The summed E-state index contributed by atoms with van der Waals surface area (Å²) in [6, 6.07) is 0. The van der Waals surface area contributed by atoms with Gasteiger partial charge in [-0.2, -0.15) is 0 Å². The molecule has 2 nitrogen and oxygen atoms in total.